The highest BCUT2D eigenvalue weighted by atomic mass is 19.2. The number of aryl methyl sites for hydroxylation is 2. The minimum Gasteiger partial charge on any atom is -0.481 e. The number of aromatic amines is 1. The molecule has 0 aliphatic rings. The molecule has 0 fully saturated rings. The predicted octanol–water partition coefficient (Wildman–Crippen LogP) is -1.01. The Bertz CT molecular complexity index is 4340. The number of halogens is 5. The van der Waals surface area contributed by atoms with Gasteiger partial charge >= 0.3 is 11.9 Å². The summed E-state index contributed by atoms with van der Waals surface area (Å²) in [6.45, 7) is 4.63. The van der Waals surface area contributed by atoms with Crippen LogP contribution in [0, 0.1) is 36.0 Å². The summed E-state index contributed by atoms with van der Waals surface area (Å²) in [5.74, 6) is -31.2. The highest BCUT2D eigenvalue weighted by Gasteiger charge is 2.44. The number of nitrogens with two attached hydrogens (primary N) is 2. The zero-order chi connectivity index (χ0) is 81.6. The molecule has 1 heterocycles. The molecule has 0 saturated heterocycles. The van der Waals surface area contributed by atoms with Crippen LogP contribution >= 0.6 is 0 Å². The Hall–Kier alpha value is -12.1. The van der Waals surface area contributed by atoms with Crippen molar-refractivity contribution >= 4 is 76.9 Å². The Morgan fingerprint density at radius 2 is 1.01 bits per heavy atom. The van der Waals surface area contributed by atoms with Gasteiger partial charge in [0.1, 0.15) is 53.9 Å². The molecule has 0 bridgehead atoms. The fraction of sp³-hybridized carbons (Fsp3) is 0.370. The van der Waals surface area contributed by atoms with E-state index in [0.29, 0.717) is 30.2 Å². The number of carboxylic acid groups (broad SMARTS) is 2. The van der Waals surface area contributed by atoms with Gasteiger partial charge in [0.2, 0.25) is 70.8 Å². The first kappa shape index (κ1) is 86.8. The Labute approximate surface area is 625 Å². The Morgan fingerprint density at radius 1 is 0.536 bits per heavy atom. The first-order valence-electron chi connectivity index (χ1n) is 34.1. The van der Waals surface area contributed by atoms with Crippen molar-refractivity contribution in [3.8, 4) is 22.3 Å². The highest BCUT2D eigenvalue weighted by molar-refractivity contribution is 6.01. The Morgan fingerprint density at radius 3 is 1.54 bits per heavy atom. The van der Waals surface area contributed by atoms with E-state index in [-0.39, 0.29) is 19.3 Å². The molecule has 37 heteroatoms. The lowest BCUT2D eigenvalue weighted by molar-refractivity contribution is -0.142. The number of aliphatic hydroxyl groups is 3. The SMILES string of the molecule is CCc1ccccc1-c1ccc(C[C@H](NC(=O)[C@H](CC(=O)O)NC(=O)[C@H](CO)NC(=O)[C@@H](NC(=O)[C@@](C)(Cc2c(F)c(F)c(F)c(F)c2F)NC(=O)[C@@H](NC(=O)CNC(=O)[C@H](CC(=O)O)NC(=O)[C@H](C)NC(=O)[C@@H](N)Cc2cnc[nH]2)[C@@H](C)O)[C@@H](C)O)C(=O)N[C@@H](Cc2ccc(-c3ccccc3C)cc2)C(N)=O)cc1. The average molecular weight is 1540 g/mol. The number of aliphatic carboxylic acids is 2. The first-order valence-corrected chi connectivity index (χ1v) is 34.1. The summed E-state index contributed by atoms with van der Waals surface area (Å²) in [6, 6.07) is 12.0. The summed E-state index contributed by atoms with van der Waals surface area (Å²) in [7, 11) is 0. The number of carbonyl (C=O) groups excluding carboxylic acids is 11. The number of aromatic nitrogens is 2. The number of nitrogens with one attached hydrogen (secondary N) is 11. The number of amides is 11. The van der Waals surface area contributed by atoms with Gasteiger partial charge in [-0.2, -0.15) is 0 Å². The number of hydrogen-bond donors (Lipinski definition) is 18. The summed E-state index contributed by atoms with van der Waals surface area (Å²) in [6.07, 6.45) is -5.54. The van der Waals surface area contributed by atoms with Crippen LogP contribution in [0.25, 0.3) is 22.3 Å². The standard InChI is InChI=1S/C73H85F5N14O18/c1-7-40-13-9-11-15-45(40)42-22-18-39(19-23-42)25-49(67(105)85-48(63(80)101)24-38-16-20-41(21-17-38)44-14-10-8-12-34(44)2)87-68(106)51(28-55(99)100)88-69(107)52(32-93)89-70(108)61(36(4)94)91-72(110)73(6,29-46-56(74)58(76)60(78)59(77)57(46)75)92-71(109)62(37(5)95)90-53(96)31-82-66(104)50(27-54(97)98)86-64(102)35(3)84-65(103)47(79)26-43-30-81-33-83-43/h8-23,30,33,35-37,47-52,61-62,93-95H,7,24-29,31-32,79H2,1-6H3,(H2,80,101)(H,81,83)(H,82,104)(H,84,103)(H,85,105)(H,86,102)(H,87,106)(H,88,107)(H,89,108)(H,90,96)(H,91,110)(H,92,109)(H,97,98)(H,99,100)/t35-,36+,37+,47-,48-,49-,50-,51-,52-,61-,62-,73+/m0/s1. The van der Waals surface area contributed by atoms with E-state index in [0.717, 1.165) is 54.2 Å². The molecular weight excluding hydrogens is 1460 g/mol. The van der Waals surface area contributed by atoms with E-state index in [2.05, 4.69) is 36.6 Å². The molecule has 32 nitrogen and oxygen atoms in total. The molecule has 5 aromatic carbocycles. The molecule has 0 spiro atoms. The highest BCUT2D eigenvalue weighted by Crippen LogP contribution is 2.29. The van der Waals surface area contributed by atoms with E-state index in [1.807, 2.05) is 89.0 Å². The molecular formula is C73H85F5N14O18. The zero-order valence-electron chi connectivity index (χ0n) is 60.1. The van der Waals surface area contributed by atoms with Crippen LogP contribution in [-0.2, 0) is 94.4 Å². The van der Waals surface area contributed by atoms with Crippen molar-refractivity contribution in [1.29, 1.82) is 0 Å². The van der Waals surface area contributed by atoms with Crippen LogP contribution in [-0.4, -0.2) is 198 Å². The van der Waals surface area contributed by atoms with Crippen LogP contribution in [0.5, 0.6) is 0 Å². The fourth-order valence-electron chi connectivity index (χ4n) is 11.3. The van der Waals surface area contributed by atoms with Gasteiger partial charge in [-0.3, -0.25) is 62.3 Å². The number of hydrogen-bond acceptors (Lipinski definition) is 18. The number of carboxylic acids is 2. The normalized spacial score (nSPS) is 14.7. The monoisotopic (exact) mass is 1540 g/mol. The van der Waals surface area contributed by atoms with Crippen molar-refractivity contribution in [3.63, 3.8) is 0 Å². The van der Waals surface area contributed by atoms with Crippen molar-refractivity contribution in [2.24, 2.45) is 11.5 Å². The van der Waals surface area contributed by atoms with Crippen LogP contribution in [0.15, 0.2) is 110 Å². The summed E-state index contributed by atoms with van der Waals surface area (Å²) < 4.78 is 75.0. The zero-order valence-corrected chi connectivity index (χ0v) is 60.1. The number of carbonyl (C=O) groups is 13. The molecule has 0 saturated carbocycles. The number of benzene rings is 5. The van der Waals surface area contributed by atoms with Crippen LogP contribution < -0.4 is 64.6 Å². The predicted molar refractivity (Wildman–Crippen MR) is 380 cm³/mol. The van der Waals surface area contributed by atoms with E-state index in [1.165, 1.54) is 12.5 Å². The number of primary amides is 1. The van der Waals surface area contributed by atoms with Gasteiger partial charge < -0.3 is 95.2 Å². The molecule has 12 atom stereocenters. The number of aliphatic hydroxyl groups excluding tert-OH is 3. The van der Waals surface area contributed by atoms with Crippen molar-refractivity contribution in [2.75, 3.05) is 13.2 Å². The number of H-pyrrole nitrogens is 1. The lowest BCUT2D eigenvalue weighted by Gasteiger charge is -2.34. The summed E-state index contributed by atoms with van der Waals surface area (Å²) in [5.41, 5.74) is 13.7. The molecule has 0 aliphatic carbocycles. The largest absolute Gasteiger partial charge is 0.481 e. The summed E-state index contributed by atoms with van der Waals surface area (Å²) in [4.78, 5) is 182. The smallest absolute Gasteiger partial charge is 0.305 e. The van der Waals surface area contributed by atoms with E-state index < -0.39 is 216 Å². The third-order valence-electron chi connectivity index (χ3n) is 17.5. The maximum atomic E-state index is 15.5. The molecule has 110 heavy (non-hydrogen) atoms. The van der Waals surface area contributed by atoms with Crippen LogP contribution in [0.1, 0.15) is 81.0 Å². The lowest BCUT2D eigenvalue weighted by atomic mass is 9.89. The lowest BCUT2D eigenvalue weighted by Crippen LogP contribution is -2.67. The van der Waals surface area contributed by atoms with Crippen molar-refractivity contribution in [3.05, 3.63) is 172 Å². The maximum absolute atomic E-state index is 15.5. The van der Waals surface area contributed by atoms with Gasteiger partial charge in [-0.25, -0.2) is 26.9 Å². The van der Waals surface area contributed by atoms with Gasteiger partial charge in [0.15, 0.2) is 23.3 Å². The molecule has 11 amide bonds. The Kier molecular flexibility index (Phi) is 31.3. The molecule has 6 rings (SSSR count). The second kappa shape index (κ2) is 39.7. The molecule has 1 aromatic heterocycles. The molecule has 590 valence electrons. The van der Waals surface area contributed by atoms with Gasteiger partial charge in [0, 0.05) is 43.1 Å². The summed E-state index contributed by atoms with van der Waals surface area (Å²) >= 11 is 0. The molecule has 0 unspecified atom stereocenters. The van der Waals surface area contributed by atoms with Gasteiger partial charge in [0.05, 0.1) is 50.6 Å². The van der Waals surface area contributed by atoms with Crippen molar-refractivity contribution < 1.29 is 110 Å². The van der Waals surface area contributed by atoms with Crippen LogP contribution in [0.2, 0.25) is 0 Å². The van der Waals surface area contributed by atoms with Crippen molar-refractivity contribution in [1.82, 2.24) is 63.1 Å². The Balaban J connectivity index is 1.20. The minimum atomic E-state index is -3.15. The summed E-state index contributed by atoms with van der Waals surface area (Å²) in [5, 5.41) is 72.9. The molecule has 20 N–H and O–H groups in total. The second-order valence-electron chi connectivity index (χ2n) is 26.1. The fourth-order valence-corrected chi connectivity index (χ4v) is 11.3. The van der Waals surface area contributed by atoms with Crippen molar-refractivity contribution in [2.45, 2.75) is 159 Å². The average Bonchev–Trinajstić information content (AvgIpc) is 1.06. The third-order valence-corrected chi connectivity index (χ3v) is 17.5. The van der Waals surface area contributed by atoms with Crippen LogP contribution in [0.4, 0.5) is 22.0 Å². The molecule has 6 aromatic rings. The quantitative estimate of drug-likeness (QED) is 0.0125. The number of nitrogens with zero attached hydrogens (tertiary/aromatic N) is 1. The van der Waals surface area contributed by atoms with E-state index in [1.54, 1.807) is 48.5 Å². The third kappa shape index (κ3) is 24.0. The van der Waals surface area contributed by atoms with Gasteiger partial charge in [-0.15, -0.1) is 0 Å². The molecule has 0 radical (unpaired) electrons. The minimum absolute atomic E-state index is 0.0443. The number of imidazole rings is 1. The molecule has 0 aliphatic heterocycles. The number of rotatable bonds is 39. The maximum Gasteiger partial charge on any atom is 0.305 e. The van der Waals surface area contributed by atoms with Crippen LogP contribution in [0.3, 0.4) is 0 Å². The van der Waals surface area contributed by atoms with Gasteiger partial charge in [-0.05, 0) is 85.5 Å². The van der Waals surface area contributed by atoms with E-state index in [9.17, 15) is 101 Å². The first-order chi connectivity index (χ1) is 51.9. The van der Waals surface area contributed by atoms with E-state index in [4.69, 9.17) is 11.5 Å². The second-order valence-corrected chi connectivity index (χ2v) is 26.1. The van der Waals surface area contributed by atoms with Gasteiger partial charge in [-0.1, -0.05) is 104 Å². The van der Waals surface area contributed by atoms with Gasteiger partial charge in [0.25, 0.3) is 0 Å². The van der Waals surface area contributed by atoms with E-state index >= 15 is 8.78 Å². The topological polar surface area (TPSA) is 524 Å².